The number of para-hydroxylation sites is 1. The molecule has 196 valence electrons. The molecule has 1 fully saturated rings. The van der Waals surface area contributed by atoms with Crippen molar-refractivity contribution in [3.63, 3.8) is 0 Å². The van der Waals surface area contributed by atoms with Gasteiger partial charge >= 0.3 is 6.09 Å². The number of hydrogen-bond acceptors (Lipinski definition) is 5. The fourth-order valence-electron chi connectivity index (χ4n) is 5.56. The summed E-state index contributed by atoms with van der Waals surface area (Å²) in [5.74, 6) is -0.138. The summed E-state index contributed by atoms with van der Waals surface area (Å²) in [6.45, 7) is 8.45. The van der Waals surface area contributed by atoms with E-state index in [1.807, 2.05) is 76.2 Å². The van der Waals surface area contributed by atoms with E-state index >= 15 is 0 Å². The lowest BCUT2D eigenvalue weighted by atomic mass is 9.82. The summed E-state index contributed by atoms with van der Waals surface area (Å²) in [6, 6.07) is 19.6. The number of likely N-dealkylation sites (tertiary alicyclic amines) is 1. The number of carbonyl (C=O) groups is 2. The number of rotatable bonds is 5. The lowest BCUT2D eigenvalue weighted by molar-refractivity contribution is 0.102. The van der Waals surface area contributed by atoms with Crippen LogP contribution in [-0.2, 0) is 0 Å². The van der Waals surface area contributed by atoms with Crippen LogP contribution in [0, 0.1) is 12.3 Å². The van der Waals surface area contributed by atoms with E-state index in [1.54, 1.807) is 16.7 Å². The van der Waals surface area contributed by atoms with Crippen molar-refractivity contribution < 1.29 is 14.7 Å². The van der Waals surface area contributed by atoms with Gasteiger partial charge in [-0.15, -0.1) is 0 Å². The average Bonchev–Trinajstić information content (AvgIpc) is 3.46. The molecule has 2 N–H and O–H groups in total. The highest BCUT2D eigenvalue weighted by Gasteiger charge is 2.44. The number of hydrogen-bond donors (Lipinski definition) is 2. The first-order valence-electron chi connectivity index (χ1n) is 12.7. The maximum Gasteiger partial charge on any atom is 0.407 e. The Morgan fingerprint density at radius 2 is 1.76 bits per heavy atom. The van der Waals surface area contributed by atoms with Crippen LogP contribution in [-0.4, -0.2) is 45.1 Å². The summed E-state index contributed by atoms with van der Waals surface area (Å²) in [5, 5.41) is 14.8. The molecule has 0 spiro atoms. The number of pyridine rings is 1. The second kappa shape index (κ2) is 9.76. The molecule has 1 aliphatic heterocycles. The van der Waals surface area contributed by atoms with E-state index in [2.05, 4.69) is 5.32 Å². The molecule has 1 saturated heterocycles. The number of carbonyl (C=O) groups excluding carboxylic acids is 1. The molecule has 7 nitrogen and oxygen atoms in total. The van der Waals surface area contributed by atoms with Crippen molar-refractivity contribution in [1.29, 1.82) is 0 Å². The van der Waals surface area contributed by atoms with E-state index in [-0.39, 0.29) is 28.8 Å². The van der Waals surface area contributed by atoms with Crippen molar-refractivity contribution in [2.75, 3.05) is 11.9 Å². The van der Waals surface area contributed by atoms with Crippen LogP contribution in [0.4, 0.5) is 9.80 Å². The van der Waals surface area contributed by atoms with E-state index in [9.17, 15) is 19.5 Å². The normalized spacial score (nSPS) is 17.6. The summed E-state index contributed by atoms with van der Waals surface area (Å²) >= 11 is 1.36. The minimum absolute atomic E-state index is 0.138. The van der Waals surface area contributed by atoms with Gasteiger partial charge in [0.05, 0.1) is 17.3 Å². The number of nitrogens with zero attached hydrogens (tertiary/aromatic N) is 2. The van der Waals surface area contributed by atoms with Gasteiger partial charge in [-0.25, -0.2) is 4.79 Å². The van der Waals surface area contributed by atoms with Crippen molar-refractivity contribution in [2.24, 2.45) is 5.41 Å². The summed E-state index contributed by atoms with van der Waals surface area (Å²) < 4.78 is 1.64. The van der Waals surface area contributed by atoms with Crippen LogP contribution in [0.1, 0.15) is 48.7 Å². The van der Waals surface area contributed by atoms with Crippen LogP contribution < -0.4 is 10.9 Å². The summed E-state index contributed by atoms with van der Waals surface area (Å²) in [7, 11) is 0. The SMILES string of the molecule is Cc1cccc(C(=O)c2c(N[C@H]3CCN(C(=O)O)C3C(C)(C)C)sc3c2ccc(=O)n3-c2ccccc2)c1. The third kappa shape index (κ3) is 4.60. The number of aromatic nitrogens is 1. The van der Waals surface area contributed by atoms with Gasteiger partial charge in [-0.05, 0) is 43.0 Å². The molecule has 1 unspecified atom stereocenters. The lowest BCUT2D eigenvalue weighted by Gasteiger charge is -2.37. The molecule has 1 aliphatic rings. The number of benzene rings is 2. The molecule has 0 aliphatic carbocycles. The summed E-state index contributed by atoms with van der Waals surface area (Å²) in [4.78, 5) is 41.3. The third-order valence-electron chi connectivity index (χ3n) is 7.11. The zero-order valence-electron chi connectivity index (χ0n) is 21.9. The largest absolute Gasteiger partial charge is 0.465 e. The zero-order chi connectivity index (χ0) is 27.2. The monoisotopic (exact) mass is 529 g/mol. The molecule has 2 aromatic heterocycles. The molecule has 4 aromatic rings. The van der Waals surface area contributed by atoms with Gasteiger partial charge in [0.25, 0.3) is 5.56 Å². The average molecular weight is 530 g/mol. The van der Waals surface area contributed by atoms with E-state index < -0.39 is 6.09 Å². The van der Waals surface area contributed by atoms with Crippen molar-refractivity contribution in [1.82, 2.24) is 9.47 Å². The molecule has 5 rings (SSSR count). The molecule has 1 amide bonds. The van der Waals surface area contributed by atoms with Crippen molar-refractivity contribution in [2.45, 2.75) is 46.2 Å². The van der Waals surface area contributed by atoms with Crippen LogP contribution in [0.5, 0.6) is 0 Å². The van der Waals surface area contributed by atoms with Gasteiger partial charge in [-0.1, -0.05) is 74.1 Å². The highest BCUT2D eigenvalue weighted by molar-refractivity contribution is 7.23. The third-order valence-corrected chi connectivity index (χ3v) is 8.23. The highest BCUT2D eigenvalue weighted by atomic mass is 32.1. The Morgan fingerprint density at radius 3 is 2.42 bits per heavy atom. The van der Waals surface area contributed by atoms with E-state index in [0.29, 0.717) is 39.3 Å². The van der Waals surface area contributed by atoms with Crippen LogP contribution in [0.25, 0.3) is 15.9 Å². The van der Waals surface area contributed by atoms with Gasteiger partial charge in [-0.2, -0.15) is 0 Å². The minimum atomic E-state index is -0.945. The number of anilines is 1. The summed E-state index contributed by atoms with van der Waals surface area (Å²) in [6.07, 6.45) is -0.328. The quantitative estimate of drug-likeness (QED) is 0.302. The van der Waals surface area contributed by atoms with E-state index in [1.165, 1.54) is 22.3 Å². The van der Waals surface area contributed by atoms with E-state index in [0.717, 1.165) is 11.3 Å². The molecule has 2 aromatic carbocycles. The zero-order valence-corrected chi connectivity index (χ0v) is 22.7. The van der Waals surface area contributed by atoms with Crippen molar-refractivity contribution >= 4 is 38.4 Å². The molecule has 0 radical (unpaired) electrons. The van der Waals surface area contributed by atoms with Crippen molar-refractivity contribution in [3.05, 3.63) is 93.8 Å². The Morgan fingerprint density at radius 1 is 1.03 bits per heavy atom. The van der Waals surface area contributed by atoms with Crippen LogP contribution >= 0.6 is 11.3 Å². The predicted molar refractivity (Wildman–Crippen MR) is 152 cm³/mol. The number of amides is 1. The second-order valence-corrected chi connectivity index (χ2v) is 11.9. The van der Waals surface area contributed by atoms with Gasteiger partial charge in [-0.3, -0.25) is 14.2 Å². The smallest absolute Gasteiger partial charge is 0.407 e. The standard InChI is InChI=1S/C30H31N3O4S/c1-18-9-8-10-19(17-18)25(35)24-21-13-14-23(34)33(20-11-6-5-7-12-20)28(21)38-27(24)31-22-15-16-32(29(36)37)26(22)30(2,3)4/h5-14,17,22,26,31H,15-16H2,1-4H3,(H,36,37)/t22-,26?/m0/s1. The predicted octanol–water partition coefficient (Wildman–Crippen LogP) is 6.17. The Kier molecular flexibility index (Phi) is 6.61. The second-order valence-electron chi connectivity index (χ2n) is 10.9. The molecular formula is C30H31N3O4S. The Bertz CT molecular complexity index is 1580. The maximum atomic E-state index is 14.0. The van der Waals surface area contributed by atoms with Gasteiger partial charge in [0.2, 0.25) is 0 Å². The fourth-order valence-corrected chi connectivity index (χ4v) is 6.83. The molecule has 0 saturated carbocycles. The Labute approximate surface area is 225 Å². The van der Waals surface area contributed by atoms with Crippen LogP contribution in [0.2, 0.25) is 0 Å². The van der Waals surface area contributed by atoms with Crippen molar-refractivity contribution in [3.8, 4) is 5.69 Å². The van der Waals surface area contributed by atoms with Gasteiger partial charge < -0.3 is 15.3 Å². The first-order chi connectivity index (χ1) is 18.1. The first kappa shape index (κ1) is 25.7. The summed E-state index contributed by atoms with van der Waals surface area (Å²) in [5.41, 5.74) is 2.26. The van der Waals surface area contributed by atoms with Crippen LogP contribution in [0.3, 0.4) is 0 Å². The topological polar surface area (TPSA) is 91.6 Å². The number of ketones is 1. The highest BCUT2D eigenvalue weighted by Crippen LogP contribution is 2.41. The number of fused-ring (bicyclic) bond motifs is 1. The molecule has 0 bridgehead atoms. The van der Waals surface area contributed by atoms with Gasteiger partial charge in [0, 0.05) is 29.6 Å². The number of aryl methyl sites for hydroxylation is 1. The van der Waals surface area contributed by atoms with E-state index in [4.69, 9.17) is 0 Å². The van der Waals surface area contributed by atoms with Crippen LogP contribution in [0.15, 0.2) is 71.5 Å². The van der Waals surface area contributed by atoms with Gasteiger partial charge in [0.1, 0.15) is 9.83 Å². The molecular weight excluding hydrogens is 498 g/mol. The van der Waals surface area contributed by atoms with Gasteiger partial charge in [0.15, 0.2) is 5.78 Å². The lowest BCUT2D eigenvalue weighted by Crippen LogP contribution is -2.49. The Hall–Kier alpha value is -3.91. The molecule has 3 heterocycles. The fraction of sp³-hybridized carbons (Fsp3) is 0.300. The number of nitrogens with one attached hydrogen (secondary N) is 1. The minimum Gasteiger partial charge on any atom is -0.465 e. The molecule has 2 atom stereocenters. The molecule has 8 heteroatoms. The first-order valence-corrected chi connectivity index (χ1v) is 13.5. The number of carboxylic acid groups (broad SMARTS) is 1. The Balaban J connectivity index is 1.71. The number of thiophene rings is 1. The maximum absolute atomic E-state index is 14.0. The molecule has 38 heavy (non-hydrogen) atoms.